The molecule has 0 fully saturated rings. The molecule has 2 aromatic carbocycles. The zero-order valence-corrected chi connectivity index (χ0v) is 15.2. The Hall–Kier alpha value is -3.27. The molecule has 1 amide bonds. The molecule has 27 heavy (non-hydrogen) atoms. The maximum Gasteiger partial charge on any atom is 0.270 e. The van der Waals surface area contributed by atoms with E-state index in [-0.39, 0.29) is 23.0 Å². The van der Waals surface area contributed by atoms with E-state index in [0.717, 1.165) is 12.1 Å². The summed E-state index contributed by atoms with van der Waals surface area (Å²) < 4.78 is 27.4. The third-order valence-corrected chi connectivity index (χ3v) is 4.17. The first-order valence-corrected chi connectivity index (χ1v) is 8.38. The monoisotopic (exact) mass is 434 g/mol. The van der Waals surface area contributed by atoms with Gasteiger partial charge in [-0.25, -0.2) is 18.7 Å². The fourth-order valence-electron chi connectivity index (χ4n) is 2.14. The predicted molar refractivity (Wildman–Crippen MR) is 101 cm³/mol. The number of nitrogens with zero attached hydrogens (tertiary/aromatic N) is 2. The number of rotatable bonds is 5. The van der Waals surface area contributed by atoms with Crippen LogP contribution >= 0.6 is 15.9 Å². The number of carbonyl (C=O) groups excluding carboxylic acids is 1. The molecule has 0 bridgehead atoms. The minimum absolute atomic E-state index is 0.00926. The van der Waals surface area contributed by atoms with Crippen LogP contribution in [0.1, 0.15) is 10.4 Å². The molecular formula is C17H13BrF2N6O. The van der Waals surface area contributed by atoms with E-state index in [4.69, 9.17) is 5.73 Å². The lowest BCUT2D eigenvalue weighted by Crippen LogP contribution is -2.30. The minimum atomic E-state index is -0.801. The fourth-order valence-corrected chi connectivity index (χ4v) is 2.61. The van der Waals surface area contributed by atoms with Gasteiger partial charge in [-0.05, 0) is 40.2 Å². The zero-order chi connectivity index (χ0) is 19.4. The van der Waals surface area contributed by atoms with Gasteiger partial charge in [-0.2, -0.15) is 0 Å². The highest BCUT2D eigenvalue weighted by molar-refractivity contribution is 9.10. The first-order valence-electron chi connectivity index (χ1n) is 7.59. The number of halogens is 3. The van der Waals surface area contributed by atoms with Crippen LogP contribution in [-0.4, -0.2) is 15.9 Å². The molecule has 0 spiro atoms. The van der Waals surface area contributed by atoms with Gasteiger partial charge in [0.25, 0.3) is 5.91 Å². The van der Waals surface area contributed by atoms with Crippen molar-refractivity contribution in [3.05, 3.63) is 70.5 Å². The Morgan fingerprint density at radius 2 is 1.81 bits per heavy atom. The maximum atomic E-state index is 13.8. The second-order valence-electron chi connectivity index (χ2n) is 5.29. The van der Waals surface area contributed by atoms with Gasteiger partial charge >= 0.3 is 0 Å². The highest BCUT2D eigenvalue weighted by atomic mass is 79.9. The van der Waals surface area contributed by atoms with Gasteiger partial charge in [-0.1, -0.05) is 12.1 Å². The van der Waals surface area contributed by atoms with Gasteiger partial charge in [0.15, 0.2) is 11.6 Å². The summed E-state index contributed by atoms with van der Waals surface area (Å²) in [5.41, 5.74) is 11.5. The van der Waals surface area contributed by atoms with Crippen molar-refractivity contribution in [3.63, 3.8) is 0 Å². The van der Waals surface area contributed by atoms with Crippen LogP contribution in [0, 0.1) is 11.6 Å². The van der Waals surface area contributed by atoms with Crippen molar-refractivity contribution in [3.8, 4) is 0 Å². The van der Waals surface area contributed by atoms with Crippen molar-refractivity contribution >= 4 is 44.8 Å². The van der Waals surface area contributed by atoms with Gasteiger partial charge in [0, 0.05) is 10.5 Å². The van der Waals surface area contributed by atoms with E-state index < -0.39 is 17.5 Å². The highest BCUT2D eigenvalue weighted by Crippen LogP contribution is 2.27. The Labute approximate surface area is 161 Å². The first kappa shape index (κ1) is 18.5. The van der Waals surface area contributed by atoms with Crippen LogP contribution < -0.4 is 21.9 Å². The van der Waals surface area contributed by atoms with Gasteiger partial charge < -0.3 is 11.1 Å². The highest BCUT2D eigenvalue weighted by Gasteiger charge is 2.13. The van der Waals surface area contributed by atoms with Crippen LogP contribution in [-0.2, 0) is 0 Å². The van der Waals surface area contributed by atoms with Gasteiger partial charge in [0.1, 0.15) is 23.6 Å². The molecule has 3 rings (SSSR count). The molecule has 7 nitrogen and oxygen atoms in total. The molecule has 138 valence electrons. The maximum absolute atomic E-state index is 13.8. The van der Waals surface area contributed by atoms with Crippen molar-refractivity contribution in [2.45, 2.75) is 0 Å². The van der Waals surface area contributed by atoms with Crippen molar-refractivity contribution in [1.29, 1.82) is 0 Å². The fraction of sp³-hybridized carbons (Fsp3) is 0. The second-order valence-corrected chi connectivity index (χ2v) is 6.15. The van der Waals surface area contributed by atoms with E-state index in [2.05, 4.69) is 42.1 Å². The predicted octanol–water partition coefficient (Wildman–Crippen LogP) is 3.60. The van der Waals surface area contributed by atoms with Crippen LogP contribution in [0.25, 0.3) is 0 Å². The van der Waals surface area contributed by atoms with Crippen LogP contribution in [0.5, 0.6) is 0 Å². The van der Waals surface area contributed by atoms with Crippen molar-refractivity contribution in [2.75, 3.05) is 16.5 Å². The van der Waals surface area contributed by atoms with E-state index >= 15 is 0 Å². The standard InChI is InChI=1S/C17H13BrF2N6O/c18-11-4-2-1-3-10(11)17(27)26-25-16-14(21)15(22-8-23-16)24-13-6-5-9(19)7-12(13)20/h1-8H,21H2,(H,26,27)(H2,22,23,24,25). The number of anilines is 4. The molecule has 0 saturated heterocycles. The molecule has 0 saturated carbocycles. The van der Waals surface area contributed by atoms with Gasteiger partial charge in [0.2, 0.25) is 0 Å². The lowest BCUT2D eigenvalue weighted by molar-refractivity contribution is 0.0961. The Kier molecular flexibility index (Phi) is 5.46. The van der Waals surface area contributed by atoms with Crippen LogP contribution in [0.3, 0.4) is 0 Å². The van der Waals surface area contributed by atoms with Crippen molar-refractivity contribution in [2.24, 2.45) is 0 Å². The molecule has 0 aliphatic carbocycles. The van der Waals surface area contributed by atoms with Gasteiger partial charge in [-0.15, -0.1) is 0 Å². The number of benzene rings is 2. The van der Waals surface area contributed by atoms with E-state index in [9.17, 15) is 13.6 Å². The van der Waals surface area contributed by atoms with Crippen molar-refractivity contribution in [1.82, 2.24) is 15.4 Å². The second kappa shape index (κ2) is 7.96. The quantitative estimate of drug-likeness (QED) is 0.457. The summed E-state index contributed by atoms with van der Waals surface area (Å²) in [5, 5.41) is 2.66. The molecule has 1 aromatic heterocycles. The number of hydrogen-bond donors (Lipinski definition) is 4. The van der Waals surface area contributed by atoms with E-state index in [0.29, 0.717) is 10.0 Å². The average Bonchev–Trinajstić information content (AvgIpc) is 2.64. The first-order chi connectivity index (χ1) is 13.0. The van der Waals surface area contributed by atoms with Gasteiger partial charge in [-0.3, -0.25) is 15.6 Å². The lowest BCUT2D eigenvalue weighted by Gasteiger charge is -2.14. The summed E-state index contributed by atoms with van der Waals surface area (Å²) in [7, 11) is 0. The topological polar surface area (TPSA) is 105 Å². The van der Waals surface area contributed by atoms with Gasteiger partial charge in [0.05, 0.1) is 11.3 Å². The van der Waals surface area contributed by atoms with E-state index in [1.165, 1.54) is 12.4 Å². The number of nitrogens with two attached hydrogens (primary N) is 1. The molecule has 0 radical (unpaired) electrons. The number of hydrogen-bond acceptors (Lipinski definition) is 6. The third-order valence-electron chi connectivity index (χ3n) is 3.48. The molecule has 0 aliphatic heterocycles. The number of amides is 1. The molecule has 0 atom stereocenters. The Morgan fingerprint density at radius 3 is 2.56 bits per heavy atom. The number of hydrazine groups is 1. The normalized spacial score (nSPS) is 10.3. The minimum Gasteiger partial charge on any atom is -0.393 e. The summed E-state index contributed by atoms with van der Waals surface area (Å²) in [4.78, 5) is 20.1. The molecule has 10 heteroatoms. The molecule has 0 unspecified atom stereocenters. The molecule has 0 aliphatic rings. The zero-order valence-electron chi connectivity index (χ0n) is 13.6. The summed E-state index contributed by atoms with van der Waals surface area (Å²) in [6.07, 6.45) is 1.17. The Balaban J connectivity index is 1.75. The molecular weight excluding hydrogens is 422 g/mol. The molecule has 5 N–H and O–H groups in total. The molecule has 3 aromatic rings. The SMILES string of the molecule is Nc1c(NNC(=O)c2ccccc2Br)ncnc1Nc1ccc(F)cc1F. The van der Waals surface area contributed by atoms with Crippen molar-refractivity contribution < 1.29 is 13.6 Å². The average molecular weight is 435 g/mol. The summed E-state index contributed by atoms with van der Waals surface area (Å²) >= 11 is 3.29. The Bertz CT molecular complexity index is 1000. The number of nitrogens with one attached hydrogen (secondary N) is 3. The van der Waals surface area contributed by atoms with E-state index in [1.807, 2.05) is 0 Å². The van der Waals surface area contributed by atoms with Crippen LogP contribution in [0.2, 0.25) is 0 Å². The summed E-state index contributed by atoms with van der Waals surface area (Å²) in [5.74, 6) is -1.72. The summed E-state index contributed by atoms with van der Waals surface area (Å²) in [6, 6.07) is 9.91. The largest absolute Gasteiger partial charge is 0.393 e. The third kappa shape index (κ3) is 4.29. The Morgan fingerprint density at radius 1 is 1.07 bits per heavy atom. The summed E-state index contributed by atoms with van der Waals surface area (Å²) in [6.45, 7) is 0. The number of aromatic nitrogens is 2. The molecule has 1 heterocycles. The van der Waals surface area contributed by atoms with Crippen LogP contribution in [0.15, 0.2) is 53.3 Å². The lowest BCUT2D eigenvalue weighted by atomic mass is 10.2. The number of nitrogen functional groups attached to an aromatic ring is 1. The number of carbonyl (C=O) groups is 1. The smallest absolute Gasteiger partial charge is 0.270 e. The van der Waals surface area contributed by atoms with E-state index in [1.54, 1.807) is 24.3 Å². The van der Waals surface area contributed by atoms with Crippen LogP contribution in [0.4, 0.5) is 31.8 Å².